The highest BCUT2D eigenvalue weighted by molar-refractivity contribution is 8.00. The molecule has 1 aliphatic rings. The lowest BCUT2D eigenvalue weighted by Gasteiger charge is -2.25. The molecule has 0 radical (unpaired) electrons. The molecular formula is C7H12Cl2OS. The summed E-state index contributed by atoms with van der Waals surface area (Å²) in [5.41, 5.74) is 0. The molecule has 0 aliphatic carbocycles. The molecule has 0 spiro atoms. The predicted octanol–water partition coefficient (Wildman–Crippen LogP) is 2.70. The van der Waals surface area contributed by atoms with E-state index in [1.807, 2.05) is 13.8 Å². The number of thioether (sulfide) groups is 1. The van der Waals surface area contributed by atoms with Gasteiger partial charge in [-0.3, -0.25) is 0 Å². The van der Waals surface area contributed by atoms with Gasteiger partial charge in [0.1, 0.15) is 4.93 Å². The Morgan fingerprint density at radius 2 is 2.45 bits per heavy atom. The van der Waals surface area contributed by atoms with Crippen LogP contribution in [0.1, 0.15) is 13.8 Å². The van der Waals surface area contributed by atoms with Gasteiger partial charge in [0.15, 0.2) is 0 Å². The zero-order valence-corrected chi connectivity index (χ0v) is 8.97. The van der Waals surface area contributed by atoms with Crippen molar-refractivity contribution in [3.05, 3.63) is 0 Å². The zero-order chi connectivity index (χ0) is 8.48. The number of ether oxygens (including phenoxy) is 1. The molecule has 66 valence electrons. The van der Waals surface area contributed by atoms with Crippen LogP contribution in [0.3, 0.4) is 0 Å². The summed E-state index contributed by atoms with van der Waals surface area (Å²) in [6.07, 6.45) is 0.174. The lowest BCUT2D eigenvalue weighted by molar-refractivity contribution is 0.0159. The molecule has 0 N–H and O–H groups in total. The lowest BCUT2D eigenvalue weighted by atomic mass is 10.3. The molecule has 1 saturated heterocycles. The maximum Gasteiger partial charge on any atom is 0.127 e. The summed E-state index contributed by atoms with van der Waals surface area (Å²) in [4.78, 5) is -0.235. The Hall–Kier alpha value is 0.890. The molecule has 3 unspecified atom stereocenters. The van der Waals surface area contributed by atoms with Crippen molar-refractivity contribution in [3.63, 3.8) is 0 Å². The van der Waals surface area contributed by atoms with Crippen LogP contribution in [0.2, 0.25) is 0 Å². The van der Waals surface area contributed by atoms with Crippen LogP contribution in [0, 0.1) is 0 Å². The largest absolute Gasteiger partial charge is 0.358 e. The average molecular weight is 215 g/mol. The van der Waals surface area contributed by atoms with Gasteiger partial charge < -0.3 is 4.74 Å². The van der Waals surface area contributed by atoms with Crippen molar-refractivity contribution in [2.75, 3.05) is 11.6 Å². The number of hydrogen-bond acceptors (Lipinski definition) is 2. The fraction of sp³-hybridized carbons (Fsp3) is 1.00. The van der Waals surface area contributed by atoms with Crippen LogP contribution in [0.25, 0.3) is 0 Å². The number of rotatable bonds is 2. The molecule has 1 aliphatic heterocycles. The number of hydrogen-bond donors (Lipinski definition) is 0. The van der Waals surface area contributed by atoms with Gasteiger partial charge in [-0.1, -0.05) is 0 Å². The number of halogens is 2. The molecule has 0 aromatic heterocycles. The third kappa shape index (κ3) is 2.18. The molecular weight excluding hydrogens is 203 g/mol. The molecule has 4 heteroatoms. The normalized spacial score (nSPS) is 40.9. The predicted molar refractivity (Wildman–Crippen MR) is 51.8 cm³/mol. The first-order valence-corrected chi connectivity index (χ1v) is 5.56. The van der Waals surface area contributed by atoms with Crippen LogP contribution < -0.4 is 0 Å². The highest BCUT2D eigenvalue weighted by Gasteiger charge is 2.40. The maximum atomic E-state index is 5.96. The van der Waals surface area contributed by atoms with Crippen molar-refractivity contribution in [2.45, 2.75) is 30.3 Å². The third-order valence-corrected chi connectivity index (χ3v) is 4.30. The molecule has 1 fully saturated rings. The van der Waals surface area contributed by atoms with Crippen LogP contribution in [0.5, 0.6) is 0 Å². The van der Waals surface area contributed by atoms with E-state index < -0.39 is 0 Å². The van der Waals surface area contributed by atoms with Gasteiger partial charge in [0.2, 0.25) is 0 Å². The zero-order valence-electron chi connectivity index (χ0n) is 6.64. The third-order valence-electron chi connectivity index (χ3n) is 1.85. The van der Waals surface area contributed by atoms with Crippen molar-refractivity contribution >= 4 is 35.0 Å². The molecule has 11 heavy (non-hydrogen) atoms. The highest BCUT2D eigenvalue weighted by Crippen LogP contribution is 2.40. The quantitative estimate of drug-likeness (QED) is 0.655. The van der Waals surface area contributed by atoms with Crippen LogP contribution in [0.4, 0.5) is 0 Å². The minimum Gasteiger partial charge on any atom is -0.358 e. The Balaban J connectivity index is 2.50. The van der Waals surface area contributed by atoms with Crippen molar-refractivity contribution in [3.8, 4) is 0 Å². The Bertz CT molecular complexity index is 142. The standard InChI is InChI=1S/C7H12Cl2OS/c1-5(9)7(2)10-6(3-8)4-11-7/h5-6H,3-4H2,1-2H3. The Kier molecular flexibility index (Phi) is 3.39. The molecule has 0 aromatic rings. The van der Waals surface area contributed by atoms with Crippen LogP contribution in [-0.4, -0.2) is 28.0 Å². The monoisotopic (exact) mass is 214 g/mol. The molecule has 0 amide bonds. The van der Waals surface area contributed by atoms with Crippen LogP contribution in [-0.2, 0) is 4.74 Å². The van der Waals surface area contributed by atoms with Gasteiger partial charge in [-0.05, 0) is 13.8 Å². The molecule has 0 bridgehead atoms. The average Bonchev–Trinajstić information content (AvgIpc) is 2.33. The van der Waals surface area contributed by atoms with Crippen LogP contribution in [0.15, 0.2) is 0 Å². The van der Waals surface area contributed by atoms with E-state index in [0.717, 1.165) is 5.75 Å². The van der Waals surface area contributed by atoms with E-state index >= 15 is 0 Å². The summed E-state index contributed by atoms with van der Waals surface area (Å²) in [5.74, 6) is 1.52. The minimum absolute atomic E-state index is 0.0284. The number of alkyl halides is 2. The van der Waals surface area contributed by atoms with E-state index in [0.29, 0.717) is 5.88 Å². The van der Waals surface area contributed by atoms with Gasteiger partial charge in [-0.25, -0.2) is 0 Å². The summed E-state index contributed by atoms with van der Waals surface area (Å²) in [6.45, 7) is 3.97. The Labute approximate surface area is 81.8 Å². The topological polar surface area (TPSA) is 9.23 Å². The van der Waals surface area contributed by atoms with Crippen molar-refractivity contribution in [1.29, 1.82) is 0 Å². The fourth-order valence-corrected chi connectivity index (χ4v) is 2.62. The summed E-state index contributed by atoms with van der Waals surface area (Å²) in [6, 6.07) is 0. The van der Waals surface area contributed by atoms with Crippen molar-refractivity contribution in [1.82, 2.24) is 0 Å². The van der Waals surface area contributed by atoms with Crippen molar-refractivity contribution < 1.29 is 4.74 Å². The van der Waals surface area contributed by atoms with E-state index in [9.17, 15) is 0 Å². The summed E-state index contributed by atoms with van der Waals surface area (Å²) >= 11 is 13.4. The van der Waals surface area contributed by atoms with Gasteiger partial charge in [0.25, 0.3) is 0 Å². The molecule has 3 atom stereocenters. The van der Waals surface area contributed by atoms with Crippen LogP contribution >= 0.6 is 35.0 Å². The second-order valence-corrected chi connectivity index (χ2v) is 5.23. The van der Waals surface area contributed by atoms with Gasteiger partial charge in [0, 0.05) is 11.6 Å². The summed E-state index contributed by atoms with van der Waals surface area (Å²) in [5, 5.41) is 0.0284. The first-order chi connectivity index (χ1) is 5.08. The van der Waals surface area contributed by atoms with E-state index in [-0.39, 0.29) is 16.4 Å². The second kappa shape index (κ2) is 3.73. The molecule has 1 heterocycles. The van der Waals surface area contributed by atoms with E-state index in [1.54, 1.807) is 11.8 Å². The minimum atomic E-state index is -0.235. The Morgan fingerprint density at radius 1 is 1.82 bits per heavy atom. The first kappa shape index (κ1) is 9.97. The highest BCUT2D eigenvalue weighted by atomic mass is 35.5. The van der Waals surface area contributed by atoms with Crippen molar-refractivity contribution in [2.24, 2.45) is 0 Å². The Morgan fingerprint density at radius 3 is 2.73 bits per heavy atom. The maximum absolute atomic E-state index is 5.96. The van der Waals surface area contributed by atoms with Gasteiger partial charge in [-0.2, -0.15) is 0 Å². The van der Waals surface area contributed by atoms with Gasteiger partial charge in [0.05, 0.1) is 11.5 Å². The molecule has 1 nitrogen and oxygen atoms in total. The van der Waals surface area contributed by atoms with E-state index in [4.69, 9.17) is 27.9 Å². The fourth-order valence-electron chi connectivity index (χ4n) is 0.942. The SMILES string of the molecule is CC(Cl)C1(C)OC(CCl)CS1. The van der Waals surface area contributed by atoms with Gasteiger partial charge in [-0.15, -0.1) is 35.0 Å². The summed E-state index contributed by atoms with van der Waals surface area (Å²) < 4.78 is 5.66. The second-order valence-electron chi connectivity index (χ2n) is 2.84. The summed E-state index contributed by atoms with van der Waals surface area (Å²) in [7, 11) is 0. The smallest absolute Gasteiger partial charge is 0.127 e. The molecule has 1 rings (SSSR count). The molecule has 0 aromatic carbocycles. The van der Waals surface area contributed by atoms with E-state index in [1.165, 1.54) is 0 Å². The van der Waals surface area contributed by atoms with E-state index in [2.05, 4.69) is 0 Å². The molecule has 0 saturated carbocycles. The van der Waals surface area contributed by atoms with Gasteiger partial charge >= 0.3 is 0 Å². The lowest BCUT2D eigenvalue weighted by Crippen LogP contribution is -2.31. The first-order valence-electron chi connectivity index (χ1n) is 3.60.